The molecule has 0 spiro atoms. The van der Waals surface area contributed by atoms with E-state index in [1.165, 1.54) is 0 Å². The molecule has 0 fully saturated rings. The zero-order valence-electron chi connectivity index (χ0n) is 6.91. The molecule has 6 heteroatoms. The molecule has 0 aliphatic heterocycles. The SMILES string of the molecule is CCC([S-])[S-].CCC([S-])[S-].[Fe+2].[Fe+2]. The summed E-state index contributed by atoms with van der Waals surface area (Å²) in [4.78, 5) is 0. The molecule has 0 aromatic heterocycles. The van der Waals surface area contributed by atoms with E-state index in [2.05, 4.69) is 50.5 Å². The van der Waals surface area contributed by atoms with Crippen molar-refractivity contribution < 1.29 is 34.1 Å². The van der Waals surface area contributed by atoms with Gasteiger partial charge in [0.2, 0.25) is 0 Å². The summed E-state index contributed by atoms with van der Waals surface area (Å²) in [7, 11) is 0. The molecule has 0 unspecified atom stereocenters. The van der Waals surface area contributed by atoms with Crippen LogP contribution in [-0.4, -0.2) is 9.16 Å². The molecule has 0 amide bonds. The number of hydrogen-bond donors (Lipinski definition) is 0. The standard InChI is InChI=1S/2C3H8S2.2Fe/c2*1-2-3(4)5;;/h2*3-5H,2H2,1H3;;/q;;2*+2/p-4. The van der Waals surface area contributed by atoms with Crippen molar-refractivity contribution in [3.8, 4) is 0 Å². The van der Waals surface area contributed by atoms with E-state index < -0.39 is 0 Å². The maximum absolute atomic E-state index is 4.59. The fourth-order valence-electron chi connectivity index (χ4n) is 0. The maximum Gasteiger partial charge on any atom is 2.00 e. The molecule has 76 valence electrons. The Kier molecular flexibility index (Phi) is 38.1. The third-order valence-electron chi connectivity index (χ3n) is 0.667. The van der Waals surface area contributed by atoms with E-state index in [0.29, 0.717) is 0 Å². The van der Waals surface area contributed by atoms with Crippen molar-refractivity contribution in [2.45, 2.75) is 35.9 Å². The van der Waals surface area contributed by atoms with E-state index in [1.54, 1.807) is 0 Å². The Morgan fingerprint density at radius 3 is 0.833 bits per heavy atom. The van der Waals surface area contributed by atoms with Crippen LogP contribution in [0.2, 0.25) is 0 Å². The summed E-state index contributed by atoms with van der Waals surface area (Å²) in [5.41, 5.74) is 0. The summed E-state index contributed by atoms with van der Waals surface area (Å²) in [6.45, 7) is 3.98. The minimum atomic E-state index is 0. The molecule has 0 rings (SSSR count). The molecule has 0 nitrogen and oxygen atoms in total. The van der Waals surface area contributed by atoms with Crippen LogP contribution in [-0.2, 0) is 84.7 Å². The molecule has 0 aliphatic rings. The smallest absolute Gasteiger partial charge is 0.815 e. The number of rotatable bonds is 2. The van der Waals surface area contributed by atoms with Gasteiger partial charge in [0.15, 0.2) is 0 Å². The Balaban J connectivity index is -0.0000000457. The van der Waals surface area contributed by atoms with Gasteiger partial charge < -0.3 is 50.5 Å². The van der Waals surface area contributed by atoms with Crippen molar-refractivity contribution in [1.82, 2.24) is 0 Å². The average Bonchev–Trinajstić information content (AvgIpc) is 1.89. The first-order valence-corrected chi connectivity index (χ1v) is 5.06. The zero-order chi connectivity index (χ0) is 8.57. The fraction of sp³-hybridized carbons (Fsp3) is 1.00. The zero-order valence-corrected chi connectivity index (χ0v) is 12.4. The van der Waals surface area contributed by atoms with Crippen LogP contribution < -0.4 is 0 Å². The van der Waals surface area contributed by atoms with Crippen molar-refractivity contribution in [3.05, 3.63) is 0 Å². The maximum atomic E-state index is 4.59. The van der Waals surface area contributed by atoms with Crippen molar-refractivity contribution in [1.29, 1.82) is 0 Å². The van der Waals surface area contributed by atoms with Crippen LogP contribution in [0, 0.1) is 0 Å². The summed E-state index contributed by atoms with van der Waals surface area (Å²) < 4.78 is 0.102. The topological polar surface area (TPSA) is 0 Å². The molecule has 0 atom stereocenters. The van der Waals surface area contributed by atoms with E-state index in [-0.39, 0.29) is 43.3 Å². The van der Waals surface area contributed by atoms with Crippen LogP contribution >= 0.6 is 0 Å². The number of hydrogen-bond acceptors (Lipinski definition) is 4. The van der Waals surface area contributed by atoms with Gasteiger partial charge in [0, 0.05) is 0 Å². The van der Waals surface area contributed by atoms with Crippen molar-refractivity contribution >= 4 is 50.5 Å². The van der Waals surface area contributed by atoms with Gasteiger partial charge in [-0.25, -0.2) is 0 Å². The van der Waals surface area contributed by atoms with E-state index in [9.17, 15) is 0 Å². The van der Waals surface area contributed by atoms with Crippen molar-refractivity contribution in [2.24, 2.45) is 0 Å². The predicted molar refractivity (Wildman–Crippen MR) is 57.6 cm³/mol. The normalized spacial score (nSPS) is 8.00. The second-order valence-electron chi connectivity index (χ2n) is 1.68. The molecular formula is C6H12Fe2S4. The Labute approximate surface area is 119 Å². The van der Waals surface area contributed by atoms with Crippen LogP contribution in [0.4, 0.5) is 0 Å². The van der Waals surface area contributed by atoms with Crippen LogP contribution in [0.15, 0.2) is 0 Å². The molecule has 0 saturated heterocycles. The Hall–Kier alpha value is 2.44. The third kappa shape index (κ3) is 39.3. The van der Waals surface area contributed by atoms with E-state index in [1.807, 2.05) is 13.8 Å². The molecule has 0 aromatic carbocycles. The average molecular weight is 324 g/mol. The van der Waals surface area contributed by atoms with Crippen LogP contribution in [0.25, 0.3) is 0 Å². The van der Waals surface area contributed by atoms with Gasteiger partial charge in [0.05, 0.1) is 0 Å². The monoisotopic (exact) mass is 324 g/mol. The Morgan fingerprint density at radius 2 is 0.833 bits per heavy atom. The summed E-state index contributed by atoms with van der Waals surface area (Å²) >= 11 is 18.4. The molecule has 0 radical (unpaired) electrons. The largest absolute Gasteiger partial charge is 2.00 e. The molecule has 0 heterocycles. The van der Waals surface area contributed by atoms with Gasteiger partial charge in [-0.3, -0.25) is 9.16 Å². The van der Waals surface area contributed by atoms with Gasteiger partial charge in [0.25, 0.3) is 0 Å². The van der Waals surface area contributed by atoms with E-state index >= 15 is 0 Å². The van der Waals surface area contributed by atoms with Gasteiger partial charge in [-0.15, -0.1) is 0 Å². The van der Waals surface area contributed by atoms with Crippen molar-refractivity contribution in [3.63, 3.8) is 0 Å². The van der Waals surface area contributed by atoms with Gasteiger partial charge in [-0.05, 0) is 0 Å². The first kappa shape index (κ1) is 23.9. The first-order chi connectivity index (χ1) is 4.54. The summed E-state index contributed by atoms with van der Waals surface area (Å²) in [6, 6.07) is 0. The van der Waals surface area contributed by atoms with Gasteiger partial charge in [-0.1, -0.05) is 26.7 Å². The Morgan fingerprint density at radius 1 is 0.750 bits per heavy atom. The van der Waals surface area contributed by atoms with Gasteiger partial charge in [-0.2, -0.15) is 0 Å². The fourth-order valence-corrected chi connectivity index (χ4v) is 0. The molecule has 0 N–H and O–H groups in total. The second kappa shape index (κ2) is 19.1. The van der Waals surface area contributed by atoms with Crippen molar-refractivity contribution in [2.75, 3.05) is 0 Å². The molecule has 0 aromatic rings. The van der Waals surface area contributed by atoms with Crippen LogP contribution in [0.3, 0.4) is 0 Å². The van der Waals surface area contributed by atoms with Gasteiger partial charge in [0.1, 0.15) is 0 Å². The van der Waals surface area contributed by atoms with E-state index in [0.717, 1.165) is 12.8 Å². The summed E-state index contributed by atoms with van der Waals surface area (Å²) in [5, 5.41) is 0. The second-order valence-corrected chi connectivity index (χ2v) is 4.55. The van der Waals surface area contributed by atoms with Crippen LogP contribution in [0.1, 0.15) is 26.7 Å². The minimum Gasteiger partial charge on any atom is -0.815 e. The quantitative estimate of drug-likeness (QED) is 0.559. The summed E-state index contributed by atoms with van der Waals surface area (Å²) in [5.74, 6) is 0. The summed E-state index contributed by atoms with van der Waals surface area (Å²) in [6.07, 6.45) is 1.87. The third-order valence-corrected chi connectivity index (χ3v) is 2.00. The van der Waals surface area contributed by atoms with Gasteiger partial charge >= 0.3 is 34.1 Å². The molecule has 0 saturated carbocycles. The van der Waals surface area contributed by atoms with Crippen LogP contribution in [0.5, 0.6) is 0 Å². The molecule has 0 aliphatic carbocycles. The predicted octanol–water partition coefficient (Wildman–Crippen LogP) is 1.63. The minimum absolute atomic E-state index is 0. The molecule has 12 heavy (non-hydrogen) atoms. The Bertz CT molecular complexity index is 53.5. The molecule has 0 bridgehead atoms. The molecular weight excluding hydrogens is 312 g/mol. The first-order valence-electron chi connectivity index (χ1n) is 3.17. The van der Waals surface area contributed by atoms with E-state index in [4.69, 9.17) is 0 Å².